The summed E-state index contributed by atoms with van der Waals surface area (Å²) in [6.07, 6.45) is 0. The van der Waals surface area contributed by atoms with Crippen LogP contribution in [0.2, 0.25) is 0 Å². The van der Waals surface area contributed by atoms with Crippen LogP contribution in [0, 0.1) is 0 Å². The zero-order valence-corrected chi connectivity index (χ0v) is 14.8. The molecule has 0 saturated heterocycles. The van der Waals surface area contributed by atoms with Crippen LogP contribution < -0.4 is 14.7 Å². The van der Waals surface area contributed by atoms with E-state index in [1.807, 2.05) is 0 Å². The molecule has 1 aromatic carbocycles. The van der Waals surface area contributed by atoms with Crippen LogP contribution in [0.4, 0.5) is 13.8 Å². The minimum Gasteiger partial charge on any atom is -0.477 e. The molecule has 0 amide bonds. The van der Waals surface area contributed by atoms with Crippen LogP contribution in [-0.2, 0) is 0 Å². The van der Waals surface area contributed by atoms with E-state index >= 15 is 0 Å². The summed E-state index contributed by atoms with van der Waals surface area (Å²) in [5.74, 6) is -1.30. The van der Waals surface area contributed by atoms with Gasteiger partial charge in [0.2, 0.25) is 0 Å². The molecule has 0 aliphatic carbocycles. The summed E-state index contributed by atoms with van der Waals surface area (Å²) in [6, 6.07) is 9.11. The molecule has 10 heteroatoms. The normalized spacial score (nSPS) is 11.1. The number of hydrogen-bond acceptors (Lipinski definition) is 7. The molecule has 26 heavy (non-hydrogen) atoms. The van der Waals surface area contributed by atoms with E-state index in [2.05, 4.69) is 4.74 Å². The zero-order chi connectivity index (χ0) is 18.8. The van der Waals surface area contributed by atoms with Gasteiger partial charge in [-0.1, -0.05) is 6.07 Å². The van der Waals surface area contributed by atoms with Gasteiger partial charge in [-0.2, -0.15) is 8.78 Å². The molecule has 136 valence electrons. The first-order valence-corrected chi connectivity index (χ1v) is 8.70. The van der Waals surface area contributed by atoms with Gasteiger partial charge in [-0.05, 0) is 36.2 Å². The fourth-order valence-electron chi connectivity index (χ4n) is 2.12. The molecule has 0 bridgehead atoms. The Hall–Kier alpha value is -2.59. The SMILES string of the molecule is CN(Sc1cccc(OC(F)F)c1)c1cc2oc(=O)c(C(=O)O)cc2s1. The highest BCUT2D eigenvalue weighted by atomic mass is 32.2. The number of anilines is 1. The number of carbonyl (C=O) groups is 1. The third-order valence-corrected chi connectivity index (χ3v) is 5.41. The Morgan fingerprint density at radius 1 is 1.35 bits per heavy atom. The number of thiophene rings is 1. The maximum absolute atomic E-state index is 12.3. The number of ether oxygens (including phenoxy) is 1. The highest BCUT2D eigenvalue weighted by molar-refractivity contribution is 8.00. The molecular formula is C16H11F2NO5S2. The summed E-state index contributed by atoms with van der Waals surface area (Å²) < 4.78 is 36.3. The van der Waals surface area contributed by atoms with Gasteiger partial charge < -0.3 is 18.6 Å². The van der Waals surface area contributed by atoms with E-state index < -0.39 is 23.8 Å². The molecule has 0 aliphatic heterocycles. The number of nitrogens with zero attached hydrogens (tertiary/aromatic N) is 1. The van der Waals surface area contributed by atoms with Crippen molar-refractivity contribution in [2.24, 2.45) is 0 Å². The Morgan fingerprint density at radius 3 is 2.81 bits per heavy atom. The van der Waals surface area contributed by atoms with Crippen LogP contribution in [0.15, 0.2) is 50.5 Å². The lowest BCUT2D eigenvalue weighted by molar-refractivity contribution is -0.0499. The minimum absolute atomic E-state index is 0.0480. The molecule has 6 nitrogen and oxygen atoms in total. The van der Waals surface area contributed by atoms with Crippen LogP contribution in [0.25, 0.3) is 10.3 Å². The fraction of sp³-hybridized carbons (Fsp3) is 0.125. The number of rotatable bonds is 6. The first-order chi connectivity index (χ1) is 12.3. The van der Waals surface area contributed by atoms with Gasteiger partial charge in [-0.15, -0.1) is 11.3 Å². The first-order valence-electron chi connectivity index (χ1n) is 7.11. The number of halogens is 2. The Kier molecular flexibility index (Phi) is 5.14. The third kappa shape index (κ3) is 3.97. The second-order valence-corrected chi connectivity index (χ2v) is 7.27. The van der Waals surface area contributed by atoms with Crippen molar-refractivity contribution in [1.29, 1.82) is 0 Å². The van der Waals surface area contributed by atoms with Gasteiger partial charge >= 0.3 is 18.2 Å². The predicted molar refractivity (Wildman–Crippen MR) is 94.7 cm³/mol. The van der Waals surface area contributed by atoms with Crippen LogP contribution in [0.3, 0.4) is 0 Å². The molecule has 0 spiro atoms. The topological polar surface area (TPSA) is 80.0 Å². The van der Waals surface area contributed by atoms with Crippen molar-refractivity contribution in [1.82, 2.24) is 0 Å². The molecule has 0 saturated carbocycles. The average molecular weight is 399 g/mol. The van der Waals surface area contributed by atoms with Crippen LogP contribution in [-0.4, -0.2) is 24.7 Å². The summed E-state index contributed by atoms with van der Waals surface area (Å²) in [5, 5.41) is 9.68. The van der Waals surface area contributed by atoms with Gasteiger partial charge in [-0.25, -0.2) is 9.59 Å². The van der Waals surface area contributed by atoms with Gasteiger partial charge in [0.25, 0.3) is 0 Å². The summed E-state index contributed by atoms with van der Waals surface area (Å²) >= 11 is 2.49. The van der Waals surface area contributed by atoms with Crippen LogP contribution in [0.1, 0.15) is 10.4 Å². The van der Waals surface area contributed by atoms with Gasteiger partial charge in [0.1, 0.15) is 16.3 Å². The van der Waals surface area contributed by atoms with Crippen molar-refractivity contribution in [3.05, 3.63) is 52.4 Å². The van der Waals surface area contributed by atoms with E-state index in [1.54, 1.807) is 29.6 Å². The molecule has 0 atom stereocenters. The largest absolute Gasteiger partial charge is 0.477 e. The predicted octanol–water partition coefficient (Wildman–Crippen LogP) is 4.30. The number of fused-ring (bicyclic) bond motifs is 1. The quantitative estimate of drug-likeness (QED) is 0.619. The van der Waals surface area contributed by atoms with Crippen molar-refractivity contribution in [3.63, 3.8) is 0 Å². The van der Waals surface area contributed by atoms with E-state index in [1.165, 1.54) is 41.5 Å². The van der Waals surface area contributed by atoms with E-state index in [0.29, 0.717) is 14.6 Å². The van der Waals surface area contributed by atoms with E-state index in [4.69, 9.17) is 9.52 Å². The molecule has 1 N–H and O–H groups in total. The van der Waals surface area contributed by atoms with Gasteiger partial charge in [0.15, 0.2) is 5.58 Å². The van der Waals surface area contributed by atoms with E-state index in [9.17, 15) is 18.4 Å². The average Bonchev–Trinajstić information content (AvgIpc) is 2.96. The number of carboxylic acids is 1. The highest BCUT2D eigenvalue weighted by Crippen LogP contribution is 2.37. The third-order valence-electron chi connectivity index (χ3n) is 3.22. The molecule has 0 unspecified atom stereocenters. The van der Waals surface area contributed by atoms with Crippen LogP contribution in [0.5, 0.6) is 5.75 Å². The van der Waals surface area contributed by atoms with Gasteiger partial charge in [-0.3, -0.25) is 0 Å². The summed E-state index contributed by atoms with van der Waals surface area (Å²) in [7, 11) is 1.74. The smallest absolute Gasteiger partial charge is 0.387 e. The van der Waals surface area contributed by atoms with Crippen molar-refractivity contribution in [2.75, 3.05) is 11.4 Å². The number of carboxylic acid groups (broad SMARTS) is 1. The van der Waals surface area contributed by atoms with E-state index in [-0.39, 0.29) is 11.3 Å². The van der Waals surface area contributed by atoms with E-state index in [0.717, 1.165) is 0 Å². The second-order valence-electron chi connectivity index (χ2n) is 5.01. The summed E-state index contributed by atoms with van der Waals surface area (Å²) in [5.41, 5.74) is -1.07. The lowest BCUT2D eigenvalue weighted by Gasteiger charge is -2.15. The lowest BCUT2D eigenvalue weighted by atomic mass is 10.3. The maximum Gasteiger partial charge on any atom is 0.387 e. The molecule has 2 aromatic heterocycles. The number of alkyl halides is 2. The number of aromatic carboxylic acids is 1. The molecule has 3 rings (SSSR count). The van der Waals surface area contributed by atoms with Crippen molar-refractivity contribution >= 4 is 44.5 Å². The first kappa shape index (κ1) is 18.2. The Balaban J connectivity index is 1.85. The number of hydrogen-bond donors (Lipinski definition) is 1. The summed E-state index contributed by atoms with van der Waals surface area (Å²) in [4.78, 5) is 23.3. The Morgan fingerprint density at radius 2 is 2.12 bits per heavy atom. The molecule has 0 radical (unpaired) electrons. The van der Waals surface area contributed by atoms with Crippen molar-refractivity contribution in [3.8, 4) is 5.75 Å². The molecule has 2 heterocycles. The van der Waals surface area contributed by atoms with Gasteiger partial charge in [0, 0.05) is 18.0 Å². The Bertz CT molecular complexity index is 1020. The molecule has 0 fully saturated rings. The highest BCUT2D eigenvalue weighted by Gasteiger charge is 2.16. The van der Waals surface area contributed by atoms with Crippen LogP contribution >= 0.6 is 23.3 Å². The monoisotopic (exact) mass is 399 g/mol. The molecule has 0 aliphatic rings. The number of benzene rings is 1. The fourth-order valence-corrected chi connectivity index (χ4v) is 4.00. The minimum atomic E-state index is -2.90. The zero-order valence-electron chi connectivity index (χ0n) is 13.1. The molecular weight excluding hydrogens is 388 g/mol. The van der Waals surface area contributed by atoms with Gasteiger partial charge in [0.05, 0.1) is 4.70 Å². The lowest BCUT2D eigenvalue weighted by Crippen LogP contribution is -2.12. The molecule has 3 aromatic rings. The second kappa shape index (κ2) is 7.34. The summed E-state index contributed by atoms with van der Waals surface area (Å²) in [6.45, 7) is -2.90. The standard InChI is InChI=1S/C16H11F2NO5S2/c1-19(26-9-4-2-3-8(5-9)23-16(17)18)13-7-11-12(25-13)6-10(14(20)21)15(22)24-11/h2-7,16H,1H3,(H,20,21). The van der Waals surface area contributed by atoms with Crippen molar-refractivity contribution in [2.45, 2.75) is 11.5 Å². The maximum atomic E-state index is 12.3. The Labute approximate surface area is 153 Å². The van der Waals surface area contributed by atoms with Crippen molar-refractivity contribution < 1.29 is 27.8 Å².